The third-order valence-electron chi connectivity index (χ3n) is 8.81. The fraction of sp³-hybridized carbons (Fsp3) is 0.645. The predicted molar refractivity (Wildman–Crippen MR) is 157 cm³/mol. The third kappa shape index (κ3) is 7.79. The van der Waals surface area contributed by atoms with Crippen LogP contribution < -0.4 is 15.4 Å². The van der Waals surface area contributed by atoms with E-state index in [0.29, 0.717) is 56.0 Å². The molecule has 0 spiro atoms. The lowest BCUT2D eigenvalue weighted by molar-refractivity contribution is -0.137. The first-order valence-corrected chi connectivity index (χ1v) is 15.3. The molecule has 0 radical (unpaired) electrons. The molecule has 3 saturated heterocycles. The molecule has 44 heavy (non-hydrogen) atoms. The third-order valence-corrected chi connectivity index (χ3v) is 8.81. The van der Waals surface area contributed by atoms with Crippen molar-refractivity contribution in [1.82, 2.24) is 20.2 Å². The van der Waals surface area contributed by atoms with Gasteiger partial charge in [-0.2, -0.15) is 23.1 Å². The number of hydrogen-bond acceptors (Lipinski definition) is 9. The molecule has 10 nitrogen and oxygen atoms in total. The van der Waals surface area contributed by atoms with Gasteiger partial charge in [0.25, 0.3) is 5.91 Å². The first-order valence-electron chi connectivity index (χ1n) is 15.3. The molecular weight excluding hydrogens is 579 g/mol. The van der Waals surface area contributed by atoms with Gasteiger partial charge in [0.05, 0.1) is 37.6 Å². The van der Waals surface area contributed by atoms with Crippen LogP contribution >= 0.6 is 0 Å². The normalized spacial score (nSPS) is 25.1. The van der Waals surface area contributed by atoms with Crippen LogP contribution in [0.15, 0.2) is 24.3 Å². The molecule has 0 aliphatic carbocycles. The Morgan fingerprint density at radius 1 is 1.07 bits per heavy atom. The van der Waals surface area contributed by atoms with Crippen LogP contribution in [-0.2, 0) is 20.4 Å². The molecule has 4 heterocycles. The zero-order valence-electron chi connectivity index (χ0n) is 25.5. The lowest BCUT2D eigenvalue weighted by Gasteiger charge is -2.38. The summed E-state index contributed by atoms with van der Waals surface area (Å²) < 4.78 is 61.6. The molecule has 242 valence electrons. The van der Waals surface area contributed by atoms with Crippen molar-refractivity contribution < 1.29 is 36.9 Å². The number of amides is 1. The van der Waals surface area contributed by atoms with Crippen LogP contribution in [-0.4, -0.2) is 92.1 Å². The number of hydrogen-bond donors (Lipinski definition) is 2. The number of alkyl halides is 3. The van der Waals surface area contributed by atoms with E-state index in [0.717, 1.165) is 56.2 Å². The number of piperidine rings is 1. The highest BCUT2D eigenvalue weighted by Crippen LogP contribution is 2.34. The molecule has 4 atom stereocenters. The second-order valence-electron chi connectivity index (χ2n) is 11.7. The van der Waals surface area contributed by atoms with Gasteiger partial charge >= 0.3 is 12.2 Å². The van der Waals surface area contributed by atoms with Crippen LogP contribution in [0.3, 0.4) is 0 Å². The maximum atomic E-state index is 13.6. The highest BCUT2D eigenvalue weighted by atomic mass is 19.4. The summed E-state index contributed by atoms with van der Waals surface area (Å²) >= 11 is 0. The number of nitrogens with one attached hydrogen (secondary N) is 2. The van der Waals surface area contributed by atoms with Gasteiger partial charge < -0.3 is 34.5 Å². The van der Waals surface area contributed by atoms with E-state index in [-0.39, 0.29) is 36.3 Å². The Labute approximate surface area is 256 Å². The van der Waals surface area contributed by atoms with E-state index in [1.54, 1.807) is 7.11 Å². The van der Waals surface area contributed by atoms with Gasteiger partial charge in [-0.1, -0.05) is 12.1 Å². The van der Waals surface area contributed by atoms with Crippen molar-refractivity contribution in [3.05, 3.63) is 46.6 Å². The lowest BCUT2D eigenvalue weighted by Crippen LogP contribution is -2.54. The molecule has 2 aromatic rings. The summed E-state index contributed by atoms with van der Waals surface area (Å²) in [6.45, 7) is 4.74. The van der Waals surface area contributed by atoms with Crippen molar-refractivity contribution in [2.45, 2.75) is 82.0 Å². The van der Waals surface area contributed by atoms with E-state index in [1.165, 1.54) is 19.2 Å². The summed E-state index contributed by atoms with van der Waals surface area (Å²) in [5.74, 6) is 0.323. The summed E-state index contributed by atoms with van der Waals surface area (Å²) in [5.41, 5.74) is 0.962. The second kappa shape index (κ2) is 14.4. The van der Waals surface area contributed by atoms with E-state index in [1.807, 2.05) is 11.8 Å². The zero-order valence-corrected chi connectivity index (χ0v) is 25.5. The van der Waals surface area contributed by atoms with Crippen LogP contribution in [0, 0.1) is 6.92 Å². The Hall–Kier alpha value is -3.00. The van der Waals surface area contributed by atoms with Crippen LogP contribution in [0.25, 0.3) is 0 Å². The number of aromatic nitrogens is 2. The fourth-order valence-electron chi connectivity index (χ4n) is 6.20. The van der Waals surface area contributed by atoms with Gasteiger partial charge in [0.15, 0.2) is 0 Å². The maximum absolute atomic E-state index is 13.6. The van der Waals surface area contributed by atoms with Gasteiger partial charge in [0, 0.05) is 51.0 Å². The summed E-state index contributed by atoms with van der Waals surface area (Å²) in [4.78, 5) is 24.3. The average Bonchev–Trinajstić information content (AvgIpc) is 3.04. The van der Waals surface area contributed by atoms with Crippen LogP contribution in [0.2, 0.25) is 0 Å². The molecule has 13 heteroatoms. The number of carbonyl (C=O) groups excluding carboxylic acids is 1. The van der Waals surface area contributed by atoms with Gasteiger partial charge in [-0.25, -0.2) is 0 Å². The van der Waals surface area contributed by atoms with Gasteiger partial charge in [0.2, 0.25) is 0 Å². The zero-order chi connectivity index (χ0) is 31.3. The Kier molecular flexibility index (Phi) is 10.6. The van der Waals surface area contributed by atoms with Crippen molar-refractivity contribution in [3.8, 4) is 6.01 Å². The topological polar surface area (TPSA) is 107 Å². The van der Waals surface area contributed by atoms with E-state index in [2.05, 4.69) is 20.6 Å². The van der Waals surface area contributed by atoms with Crippen molar-refractivity contribution in [2.24, 2.45) is 0 Å². The summed E-state index contributed by atoms with van der Waals surface area (Å²) in [6, 6.07) is 5.79. The molecule has 5 rings (SSSR count). The minimum atomic E-state index is -4.37. The van der Waals surface area contributed by atoms with E-state index < -0.39 is 11.7 Å². The average molecular weight is 622 g/mol. The molecule has 1 aromatic carbocycles. The van der Waals surface area contributed by atoms with Gasteiger partial charge in [-0.3, -0.25) is 4.79 Å². The highest BCUT2D eigenvalue weighted by molar-refractivity contribution is 5.95. The molecule has 4 unspecified atom stereocenters. The molecule has 1 amide bonds. The van der Waals surface area contributed by atoms with Gasteiger partial charge in [-0.05, 0) is 63.1 Å². The van der Waals surface area contributed by atoms with Crippen molar-refractivity contribution in [3.63, 3.8) is 0 Å². The Morgan fingerprint density at radius 2 is 1.82 bits per heavy atom. The van der Waals surface area contributed by atoms with Crippen molar-refractivity contribution >= 4 is 11.7 Å². The molecule has 2 N–H and O–H groups in total. The van der Waals surface area contributed by atoms with E-state index >= 15 is 0 Å². The molecule has 3 aliphatic rings. The number of methoxy groups -OCH3 is 2. The molecule has 3 aliphatic heterocycles. The number of ether oxygens (including phenoxy) is 4. The lowest BCUT2D eigenvalue weighted by atomic mass is 9.97. The molecule has 1 aromatic heterocycles. The highest BCUT2D eigenvalue weighted by Gasteiger charge is 2.33. The van der Waals surface area contributed by atoms with E-state index in [4.69, 9.17) is 18.9 Å². The van der Waals surface area contributed by atoms with E-state index in [9.17, 15) is 18.0 Å². The van der Waals surface area contributed by atoms with Crippen LogP contribution in [0.1, 0.15) is 71.8 Å². The molecule has 0 saturated carbocycles. The first-order chi connectivity index (χ1) is 21.2. The number of carbonyl (C=O) groups is 1. The van der Waals surface area contributed by atoms with Gasteiger partial charge in [0.1, 0.15) is 11.5 Å². The minimum absolute atomic E-state index is 0.0279. The quantitative estimate of drug-likeness (QED) is 0.418. The van der Waals surface area contributed by atoms with Gasteiger partial charge in [-0.15, -0.1) is 0 Å². The van der Waals surface area contributed by atoms with Crippen LogP contribution in [0.5, 0.6) is 6.01 Å². The number of nitrogens with zero attached hydrogens (tertiary/aromatic N) is 3. The number of likely N-dealkylation sites (tertiary alicyclic amines) is 1. The molecular formula is C31H42F3N5O5. The first kappa shape index (κ1) is 32.4. The largest absolute Gasteiger partial charge is 0.467 e. The number of halogens is 3. The predicted octanol–water partition coefficient (Wildman–Crippen LogP) is 4.53. The standard InChI is InChI=1S/C31H42F3N5O5/c1-19-27(29(40)39-14-11-22(12-15-39)36-24-13-16-43-18-26(24)41-2)37-30(42-3)38-28(19)35-17-23-5-4-6-25(44-23)20-7-9-21(10-8-20)31(32,33)34/h7-10,22-26,36H,4-6,11-18H2,1-3H3,(H,35,37,38). The summed E-state index contributed by atoms with van der Waals surface area (Å²) in [6.07, 6.45) is 0.122. The summed E-state index contributed by atoms with van der Waals surface area (Å²) in [5, 5.41) is 7.02. The Morgan fingerprint density at radius 3 is 2.50 bits per heavy atom. The molecule has 3 fully saturated rings. The molecule has 0 bridgehead atoms. The maximum Gasteiger partial charge on any atom is 0.416 e. The van der Waals surface area contributed by atoms with Crippen molar-refractivity contribution in [2.75, 3.05) is 52.4 Å². The number of rotatable bonds is 9. The van der Waals surface area contributed by atoms with Crippen LogP contribution in [0.4, 0.5) is 19.0 Å². The Balaban J connectivity index is 1.18. The number of benzene rings is 1. The Bertz CT molecular complexity index is 1260. The summed E-state index contributed by atoms with van der Waals surface area (Å²) in [7, 11) is 3.17. The smallest absolute Gasteiger partial charge is 0.416 e. The SMILES string of the molecule is COc1nc(NCC2CCCC(c3ccc(C(F)(F)F)cc3)O2)c(C)c(C(=O)N2CCC(NC3CCOCC3OC)CC2)n1. The monoisotopic (exact) mass is 621 g/mol. The minimum Gasteiger partial charge on any atom is -0.467 e. The number of anilines is 1. The van der Waals surface area contributed by atoms with Crippen molar-refractivity contribution in [1.29, 1.82) is 0 Å². The second-order valence-corrected chi connectivity index (χ2v) is 11.7. The fourth-order valence-corrected chi connectivity index (χ4v) is 6.20.